The number of rotatable bonds is 9. The first kappa shape index (κ1) is 26.8. The number of nitrogen functional groups attached to an aromatic ring is 1. The van der Waals surface area contributed by atoms with Crippen molar-refractivity contribution in [1.82, 2.24) is 20.2 Å². The molecular formula is C27H37N7O2S. The van der Waals surface area contributed by atoms with Gasteiger partial charge in [0.25, 0.3) is 0 Å². The highest BCUT2D eigenvalue weighted by Crippen LogP contribution is 2.41. The molecule has 0 saturated heterocycles. The molecule has 0 unspecified atom stereocenters. The Bertz CT molecular complexity index is 1300. The van der Waals surface area contributed by atoms with Gasteiger partial charge in [-0.05, 0) is 36.3 Å². The highest BCUT2D eigenvalue weighted by Gasteiger charge is 2.30. The minimum Gasteiger partial charge on any atom is -0.490 e. The maximum Gasteiger partial charge on any atom is 0.225 e. The monoisotopic (exact) mass is 523 g/mol. The van der Waals surface area contributed by atoms with Gasteiger partial charge in [-0.2, -0.15) is 0 Å². The molecule has 2 aromatic heterocycles. The summed E-state index contributed by atoms with van der Waals surface area (Å²) in [5, 5.41) is 15.6. The average Bonchev–Trinajstić information content (AvgIpc) is 3.22. The highest BCUT2D eigenvalue weighted by atomic mass is 32.1. The van der Waals surface area contributed by atoms with Crippen molar-refractivity contribution < 1.29 is 9.53 Å². The average molecular weight is 524 g/mol. The molecule has 0 saturated carbocycles. The second-order valence-corrected chi connectivity index (χ2v) is 12.0. The van der Waals surface area contributed by atoms with Crippen molar-refractivity contribution >= 4 is 50.9 Å². The third-order valence-electron chi connectivity index (χ3n) is 6.42. The zero-order valence-corrected chi connectivity index (χ0v) is 23.1. The van der Waals surface area contributed by atoms with E-state index in [1.54, 1.807) is 28.6 Å². The van der Waals surface area contributed by atoms with Crippen molar-refractivity contribution in [2.45, 2.75) is 40.0 Å². The van der Waals surface area contributed by atoms with Crippen LogP contribution in [0.2, 0.25) is 0 Å². The number of benzene rings is 1. The lowest BCUT2D eigenvalue weighted by Gasteiger charge is -2.24. The van der Waals surface area contributed by atoms with Crippen LogP contribution in [-0.2, 0) is 17.6 Å². The lowest BCUT2D eigenvalue weighted by Crippen LogP contribution is -2.32. The predicted octanol–water partition coefficient (Wildman–Crippen LogP) is 4.22. The van der Waals surface area contributed by atoms with E-state index in [1.165, 1.54) is 16.7 Å². The molecule has 1 atom stereocenters. The van der Waals surface area contributed by atoms with E-state index in [1.807, 2.05) is 20.2 Å². The molecule has 0 aliphatic heterocycles. The number of fused-ring (bicyclic) bond motifs is 3. The lowest BCUT2D eigenvalue weighted by molar-refractivity contribution is -0.133. The number of aryl methyl sites for hydroxylation is 1. The molecule has 1 aliphatic rings. The lowest BCUT2D eigenvalue weighted by atomic mass is 9.87. The Balaban J connectivity index is 1.60. The molecule has 4 rings (SSSR count). The summed E-state index contributed by atoms with van der Waals surface area (Å²) >= 11 is 1.64. The van der Waals surface area contributed by atoms with Crippen LogP contribution >= 0.6 is 11.3 Å². The van der Waals surface area contributed by atoms with Crippen LogP contribution in [0.25, 0.3) is 10.2 Å². The summed E-state index contributed by atoms with van der Waals surface area (Å²) in [6.45, 7) is 8.62. The Morgan fingerprint density at radius 3 is 2.81 bits per heavy atom. The summed E-state index contributed by atoms with van der Waals surface area (Å²) in [4.78, 5) is 25.5. The van der Waals surface area contributed by atoms with Gasteiger partial charge < -0.3 is 31.4 Å². The topological polar surface area (TPSA) is 129 Å². The summed E-state index contributed by atoms with van der Waals surface area (Å²) in [6, 6.07) is 3.57. The number of nitrogens with zero attached hydrogens (tertiary/aromatic N) is 3. The van der Waals surface area contributed by atoms with Gasteiger partial charge in [-0.25, -0.2) is 9.97 Å². The van der Waals surface area contributed by atoms with Gasteiger partial charge in [0.2, 0.25) is 5.91 Å². The third-order valence-corrected chi connectivity index (χ3v) is 7.58. The molecule has 1 aliphatic carbocycles. The SMILES string of the molecule is CN(C)C(=O)[C@H]1CCc2c(sc3ncnc(Nc4cc(C=N)c(N)cc4OCCNCC(C)(C)C)c23)C1. The number of hydrogen-bond donors (Lipinski definition) is 4. The fourth-order valence-corrected chi connectivity index (χ4v) is 5.83. The second kappa shape index (κ2) is 11.0. The number of carbonyl (C=O) groups is 1. The van der Waals surface area contributed by atoms with E-state index >= 15 is 0 Å². The summed E-state index contributed by atoms with van der Waals surface area (Å²) in [7, 11) is 3.62. The Morgan fingerprint density at radius 1 is 1.32 bits per heavy atom. The van der Waals surface area contributed by atoms with Crippen LogP contribution in [0.5, 0.6) is 5.75 Å². The Labute approximate surface area is 222 Å². The first-order valence-electron chi connectivity index (χ1n) is 12.6. The van der Waals surface area contributed by atoms with Crippen molar-refractivity contribution in [3.8, 4) is 5.75 Å². The number of nitrogens with one attached hydrogen (secondary N) is 3. The van der Waals surface area contributed by atoms with Gasteiger partial charge in [0, 0.05) is 61.5 Å². The number of thiophene rings is 1. The second-order valence-electron chi connectivity index (χ2n) is 10.9. The normalized spacial score (nSPS) is 15.3. The number of carbonyl (C=O) groups excluding carboxylic acids is 1. The van der Waals surface area contributed by atoms with E-state index < -0.39 is 0 Å². The molecule has 198 valence electrons. The summed E-state index contributed by atoms with van der Waals surface area (Å²) in [5.41, 5.74) is 9.36. The van der Waals surface area contributed by atoms with Gasteiger partial charge in [0.05, 0.1) is 11.1 Å². The van der Waals surface area contributed by atoms with Crippen LogP contribution in [0.1, 0.15) is 43.2 Å². The Kier molecular flexibility index (Phi) is 7.99. The van der Waals surface area contributed by atoms with E-state index in [0.29, 0.717) is 41.7 Å². The summed E-state index contributed by atoms with van der Waals surface area (Å²) < 4.78 is 6.11. The molecular weight excluding hydrogens is 486 g/mol. The van der Waals surface area contributed by atoms with E-state index in [4.69, 9.17) is 15.9 Å². The van der Waals surface area contributed by atoms with Crippen LogP contribution < -0.4 is 21.1 Å². The third kappa shape index (κ3) is 6.19. The molecule has 5 N–H and O–H groups in total. The predicted molar refractivity (Wildman–Crippen MR) is 151 cm³/mol. The highest BCUT2D eigenvalue weighted by molar-refractivity contribution is 7.19. The van der Waals surface area contributed by atoms with Crippen molar-refractivity contribution in [3.05, 3.63) is 34.5 Å². The molecule has 2 heterocycles. The van der Waals surface area contributed by atoms with Gasteiger partial charge in [-0.1, -0.05) is 20.8 Å². The molecule has 0 spiro atoms. The molecule has 0 bridgehead atoms. The van der Waals surface area contributed by atoms with Crippen LogP contribution in [0, 0.1) is 16.7 Å². The standard InChI is InChI=1S/C27H37N7O2S/c1-27(2,3)14-30-8-9-36-21-12-19(29)17(13-28)10-20(21)33-24-23-18-7-6-16(26(35)34(4)5)11-22(18)37-25(23)32-15-31-24/h10,12-13,15-16,28,30H,6-9,11,14,29H2,1-5H3,(H,31,32,33)/t16-/m0/s1. The number of anilines is 3. The zero-order chi connectivity index (χ0) is 26.7. The minimum absolute atomic E-state index is 0.000857. The van der Waals surface area contributed by atoms with Gasteiger partial charge in [-0.3, -0.25) is 4.79 Å². The number of ether oxygens (including phenoxy) is 1. The Morgan fingerprint density at radius 2 is 2.11 bits per heavy atom. The van der Waals surface area contributed by atoms with E-state index in [2.05, 4.69) is 41.4 Å². The number of nitrogens with two attached hydrogens (primary N) is 1. The van der Waals surface area contributed by atoms with Crippen molar-refractivity contribution in [1.29, 1.82) is 5.41 Å². The van der Waals surface area contributed by atoms with Gasteiger partial charge in [0.15, 0.2) is 0 Å². The fraction of sp³-hybridized carbons (Fsp3) is 0.481. The van der Waals surface area contributed by atoms with Gasteiger partial charge in [-0.15, -0.1) is 11.3 Å². The molecule has 1 aromatic carbocycles. The molecule has 3 aromatic rings. The molecule has 0 fully saturated rings. The maximum atomic E-state index is 12.6. The van der Waals surface area contributed by atoms with Crippen molar-refractivity contribution in [3.63, 3.8) is 0 Å². The quantitative estimate of drug-likeness (QED) is 0.188. The van der Waals surface area contributed by atoms with Crippen molar-refractivity contribution in [2.75, 3.05) is 44.8 Å². The number of amides is 1. The first-order valence-corrected chi connectivity index (χ1v) is 13.4. The van der Waals surface area contributed by atoms with Crippen molar-refractivity contribution in [2.24, 2.45) is 11.3 Å². The maximum absolute atomic E-state index is 12.6. The largest absolute Gasteiger partial charge is 0.490 e. The van der Waals surface area contributed by atoms with Gasteiger partial charge in [0.1, 0.15) is 29.3 Å². The number of aromatic nitrogens is 2. The molecule has 9 nitrogen and oxygen atoms in total. The molecule has 10 heteroatoms. The van der Waals surface area contributed by atoms with Gasteiger partial charge >= 0.3 is 0 Å². The zero-order valence-electron chi connectivity index (χ0n) is 22.3. The number of hydrogen-bond acceptors (Lipinski definition) is 9. The van der Waals surface area contributed by atoms with Crippen LogP contribution in [0.4, 0.5) is 17.2 Å². The van der Waals surface area contributed by atoms with Crippen LogP contribution in [-0.4, -0.2) is 60.8 Å². The smallest absolute Gasteiger partial charge is 0.225 e. The molecule has 0 radical (unpaired) electrons. The van der Waals surface area contributed by atoms with E-state index in [0.717, 1.165) is 36.0 Å². The Hall–Kier alpha value is -3.24. The van der Waals surface area contributed by atoms with Crippen LogP contribution in [0.15, 0.2) is 18.5 Å². The summed E-state index contributed by atoms with van der Waals surface area (Å²) in [6.07, 6.45) is 5.13. The first-order chi connectivity index (χ1) is 17.6. The van der Waals surface area contributed by atoms with Crippen LogP contribution in [0.3, 0.4) is 0 Å². The van der Waals surface area contributed by atoms with E-state index in [-0.39, 0.29) is 17.2 Å². The van der Waals surface area contributed by atoms with E-state index in [9.17, 15) is 4.79 Å². The molecule has 1 amide bonds. The fourth-order valence-electron chi connectivity index (χ4n) is 4.56. The molecule has 37 heavy (non-hydrogen) atoms. The minimum atomic E-state index is -0.000857. The summed E-state index contributed by atoms with van der Waals surface area (Å²) in [5.74, 6) is 1.47.